The Morgan fingerprint density at radius 2 is 2.12 bits per heavy atom. The van der Waals surface area contributed by atoms with Gasteiger partial charge in [-0.05, 0) is 30.7 Å². The summed E-state index contributed by atoms with van der Waals surface area (Å²) in [4.78, 5) is 28.2. The first-order chi connectivity index (χ1) is 11.7. The van der Waals surface area contributed by atoms with Crippen molar-refractivity contribution in [1.29, 1.82) is 0 Å². The minimum atomic E-state index is -0.446. The fourth-order valence-electron chi connectivity index (χ4n) is 3.64. The van der Waals surface area contributed by atoms with E-state index >= 15 is 0 Å². The number of esters is 1. The first kappa shape index (κ1) is 17.8. The highest BCUT2D eigenvalue weighted by Gasteiger charge is 2.43. The molecule has 132 valence electrons. The Labute approximate surface area is 151 Å². The highest BCUT2D eigenvalue weighted by atomic mass is 32.2. The number of ether oxygens (including phenoxy) is 1. The van der Waals surface area contributed by atoms with Crippen LogP contribution < -0.4 is 0 Å². The molecule has 1 aliphatic heterocycles. The molecular formula is C18H25NO3S2. The van der Waals surface area contributed by atoms with E-state index in [1.54, 1.807) is 28.0 Å². The van der Waals surface area contributed by atoms with Gasteiger partial charge in [0.05, 0.1) is 6.61 Å². The first-order valence-electron chi connectivity index (χ1n) is 8.83. The minimum absolute atomic E-state index is 0.0458. The maximum Gasteiger partial charge on any atom is 0.329 e. The van der Waals surface area contributed by atoms with E-state index in [-0.39, 0.29) is 17.3 Å². The van der Waals surface area contributed by atoms with Gasteiger partial charge in [0, 0.05) is 17.1 Å². The molecule has 2 aliphatic rings. The lowest BCUT2D eigenvalue weighted by molar-refractivity contribution is -0.153. The summed E-state index contributed by atoms with van der Waals surface area (Å²) in [7, 11) is 0. The molecule has 0 N–H and O–H groups in total. The monoisotopic (exact) mass is 367 g/mol. The molecule has 1 saturated heterocycles. The fraction of sp³-hybridized carbons (Fsp3) is 0.667. The maximum absolute atomic E-state index is 12.9. The van der Waals surface area contributed by atoms with Crippen LogP contribution in [0.4, 0.5) is 0 Å². The van der Waals surface area contributed by atoms with Crippen molar-refractivity contribution in [3.63, 3.8) is 0 Å². The second-order valence-corrected chi connectivity index (χ2v) is 8.55. The van der Waals surface area contributed by atoms with E-state index in [4.69, 9.17) is 4.74 Å². The minimum Gasteiger partial charge on any atom is -0.464 e. The van der Waals surface area contributed by atoms with Crippen molar-refractivity contribution in [2.45, 2.75) is 56.9 Å². The molecule has 0 radical (unpaired) electrons. The third kappa shape index (κ3) is 3.97. The van der Waals surface area contributed by atoms with Crippen LogP contribution in [-0.4, -0.2) is 35.2 Å². The Kier molecular flexibility index (Phi) is 6.22. The van der Waals surface area contributed by atoms with Gasteiger partial charge in [0.25, 0.3) is 0 Å². The molecule has 1 amide bonds. The molecule has 24 heavy (non-hydrogen) atoms. The van der Waals surface area contributed by atoms with Gasteiger partial charge in [-0.3, -0.25) is 4.79 Å². The average molecular weight is 368 g/mol. The van der Waals surface area contributed by atoms with Gasteiger partial charge in [-0.2, -0.15) is 0 Å². The summed E-state index contributed by atoms with van der Waals surface area (Å²) in [5.41, 5.74) is 0. The predicted octanol–water partition coefficient (Wildman–Crippen LogP) is 4.22. The molecule has 2 atom stereocenters. The zero-order valence-corrected chi connectivity index (χ0v) is 15.7. The van der Waals surface area contributed by atoms with E-state index in [1.165, 1.54) is 25.7 Å². The van der Waals surface area contributed by atoms with Gasteiger partial charge in [-0.15, -0.1) is 23.1 Å². The van der Waals surface area contributed by atoms with Crippen LogP contribution in [0.15, 0.2) is 17.5 Å². The zero-order valence-electron chi connectivity index (χ0n) is 14.1. The number of carbonyl (C=O) groups excluding carboxylic acids is 2. The number of thioether (sulfide) groups is 1. The molecule has 0 bridgehead atoms. The van der Waals surface area contributed by atoms with Crippen molar-refractivity contribution < 1.29 is 14.3 Å². The van der Waals surface area contributed by atoms with Gasteiger partial charge in [-0.25, -0.2) is 4.79 Å². The molecule has 2 fully saturated rings. The van der Waals surface area contributed by atoms with E-state index < -0.39 is 6.04 Å². The fourth-order valence-corrected chi connectivity index (χ4v) is 6.04. The Balaban J connectivity index is 1.71. The molecule has 1 aromatic heterocycles. The van der Waals surface area contributed by atoms with Crippen molar-refractivity contribution in [1.82, 2.24) is 4.90 Å². The van der Waals surface area contributed by atoms with E-state index in [1.807, 2.05) is 24.4 Å². The van der Waals surface area contributed by atoms with Crippen LogP contribution >= 0.6 is 23.1 Å². The highest BCUT2D eigenvalue weighted by Crippen LogP contribution is 2.44. The lowest BCUT2D eigenvalue weighted by atomic mass is 10.0. The molecule has 2 unspecified atom stereocenters. The average Bonchev–Trinajstić information content (AvgIpc) is 3.33. The molecule has 0 aromatic carbocycles. The summed E-state index contributed by atoms with van der Waals surface area (Å²) in [6, 6.07) is 3.60. The van der Waals surface area contributed by atoms with Gasteiger partial charge in [0.2, 0.25) is 5.91 Å². The Hall–Kier alpha value is -1.01. The molecular weight excluding hydrogens is 342 g/mol. The molecule has 1 aliphatic carbocycles. The van der Waals surface area contributed by atoms with E-state index in [2.05, 4.69) is 0 Å². The van der Waals surface area contributed by atoms with E-state index in [9.17, 15) is 9.59 Å². The number of carbonyl (C=O) groups is 2. The number of thiophene rings is 1. The van der Waals surface area contributed by atoms with Crippen molar-refractivity contribution in [2.75, 3.05) is 12.4 Å². The molecule has 3 rings (SSSR count). The number of amides is 1. The second kappa shape index (κ2) is 8.39. The van der Waals surface area contributed by atoms with Gasteiger partial charge in [0.1, 0.15) is 11.4 Å². The van der Waals surface area contributed by atoms with E-state index in [0.717, 1.165) is 11.3 Å². The van der Waals surface area contributed by atoms with Crippen LogP contribution in [0, 0.1) is 5.92 Å². The third-order valence-corrected chi connectivity index (χ3v) is 7.25. The van der Waals surface area contributed by atoms with E-state index in [0.29, 0.717) is 24.7 Å². The lowest BCUT2D eigenvalue weighted by Gasteiger charge is -2.28. The summed E-state index contributed by atoms with van der Waals surface area (Å²) in [6.07, 6.45) is 6.58. The Bertz CT molecular complexity index is 555. The topological polar surface area (TPSA) is 46.6 Å². The predicted molar refractivity (Wildman–Crippen MR) is 98.0 cm³/mol. The first-order valence-corrected chi connectivity index (χ1v) is 10.8. The largest absolute Gasteiger partial charge is 0.464 e. The van der Waals surface area contributed by atoms with Crippen molar-refractivity contribution in [3.05, 3.63) is 22.4 Å². The number of hydrogen-bond acceptors (Lipinski definition) is 5. The summed E-state index contributed by atoms with van der Waals surface area (Å²) in [5.74, 6) is 1.14. The molecule has 6 heteroatoms. The van der Waals surface area contributed by atoms with Crippen LogP contribution in [-0.2, 0) is 14.3 Å². The van der Waals surface area contributed by atoms with Gasteiger partial charge in [0.15, 0.2) is 0 Å². The Morgan fingerprint density at radius 3 is 2.79 bits per heavy atom. The summed E-state index contributed by atoms with van der Waals surface area (Å²) in [5, 5.41) is 1.98. The molecule has 2 heterocycles. The van der Waals surface area contributed by atoms with Crippen molar-refractivity contribution >= 4 is 35.0 Å². The number of hydrogen-bond donors (Lipinski definition) is 0. The zero-order chi connectivity index (χ0) is 16.9. The summed E-state index contributed by atoms with van der Waals surface area (Å²) >= 11 is 3.32. The quantitative estimate of drug-likeness (QED) is 0.706. The van der Waals surface area contributed by atoms with Crippen LogP contribution in [0.1, 0.15) is 55.7 Å². The van der Waals surface area contributed by atoms with Gasteiger partial charge < -0.3 is 9.64 Å². The molecule has 1 saturated carbocycles. The van der Waals surface area contributed by atoms with Crippen LogP contribution in [0.5, 0.6) is 0 Å². The lowest BCUT2D eigenvalue weighted by Crippen LogP contribution is -2.43. The van der Waals surface area contributed by atoms with Crippen LogP contribution in [0.2, 0.25) is 0 Å². The number of rotatable bonds is 6. The van der Waals surface area contributed by atoms with Gasteiger partial charge >= 0.3 is 5.97 Å². The standard InChI is InChI=1S/C18H25NO3S2/c1-2-22-18(21)14-12-24-17(15-8-5-11-23-15)19(14)16(20)10-9-13-6-3-4-7-13/h5,8,11,13-14,17H,2-4,6-7,9-10,12H2,1H3. The summed E-state index contributed by atoms with van der Waals surface area (Å²) < 4.78 is 5.21. The number of nitrogens with zero attached hydrogens (tertiary/aromatic N) is 1. The summed E-state index contributed by atoms with van der Waals surface area (Å²) in [6.45, 7) is 2.16. The Morgan fingerprint density at radius 1 is 1.33 bits per heavy atom. The van der Waals surface area contributed by atoms with Gasteiger partial charge in [-0.1, -0.05) is 31.7 Å². The molecule has 4 nitrogen and oxygen atoms in total. The SMILES string of the molecule is CCOC(=O)C1CSC(c2cccs2)N1C(=O)CCC1CCCC1. The molecule has 1 aromatic rings. The second-order valence-electron chi connectivity index (χ2n) is 6.46. The van der Waals surface area contributed by atoms with Crippen LogP contribution in [0.25, 0.3) is 0 Å². The highest BCUT2D eigenvalue weighted by molar-refractivity contribution is 7.99. The molecule has 0 spiro atoms. The van der Waals surface area contributed by atoms with Crippen LogP contribution in [0.3, 0.4) is 0 Å². The smallest absolute Gasteiger partial charge is 0.329 e. The van der Waals surface area contributed by atoms with Crippen molar-refractivity contribution in [2.24, 2.45) is 5.92 Å². The van der Waals surface area contributed by atoms with Crippen molar-refractivity contribution in [3.8, 4) is 0 Å². The normalized spacial score (nSPS) is 24.5. The third-order valence-electron chi connectivity index (χ3n) is 4.87. The maximum atomic E-state index is 12.9.